The van der Waals surface area contributed by atoms with Gasteiger partial charge in [0.2, 0.25) is 0 Å². The summed E-state index contributed by atoms with van der Waals surface area (Å²) in [5, 5.41) is 4.99. The van der Waals surface area contributed by atoms with Crippen LogP contribution in [0.25, 0.3) is 0 Å². The van der Waals surface area contributed by atoms with Crippen LogP contribution in [0.4, 0.5) is 0 Å². The Balaban J connectivity index is 2.82. The van der Waals surface area contributed by atoms with Crippen LogP contribution in [-0.4, -0.2) is 27.9 Å². The standard InChI is InChI=1S/C13H25N3OS/c1-6-10(4)18-8-11(14)13-12(17-5)7-15-16(13)9(2)3/h7,9-11H,6,8,14H2,1-5H3. The Hall–Kier alpha value is -0.680. The van der Waals surface area contributed by atoms with E-state index < -0.39 is 0 Å². The molecule has 104 valence electrons. The molecule has 0 saturated carbocycles. The zero-order valence-electron chi connectivity index (χ0n) is 12.0. The molecule has 0 aliphatic rings. The van der Waals surface area contributed by atoms with Gasteiger partial charge in [0.05, 0.1) is 25.0 Å². The molecule has 0 radical (unpaired) electrons. The molecule has 0 aliphatic carbocycles. The van der Waals surface area contributed by atoms with Crippen molar-refractivity contribution in [3.8, 4) is 5.75 Å². The molecule has 0 aromatic carbocycles. The molecule has 0 amide bonds. The summed E-state index contributed by atoms with van der Waals surface area (Å²) in [6.45, 7) is 8.63. The molecule has 1 aromatic rings. The van der Waals surface area contributed by atoms with Crippen molar-refractivity contribution in [1.82, 2.24) is 9.78 Å². The monoisotopic (exact) mass is 271 g/mol. The van der Waals surface area contributed by atoms with E-state index in [0.717, 1.165) is 23.6 Å². The van der Waals surface area contributed by atoms with E-state index >= 15 is 0 Å². The van der Waals surface area contributed by atoms with Crippen molar-refractivity contribution in [3.63, 3.8) is 0 Å². The Morgan fingerprint density at radius 3 is 2.61 bits per heavy atom. The van der Waals surface area contributed by atoms with Crippen LogP contribution in [0.15, 0.2) is 6.20 Å². The third-order valence-corrected chi connectivity index (χ3v) is 4.45. The van der Waals surface area contributed by atoms with Crippen LogP contribution in [0, 0.1) is 0 Å². The second-order valence-electron chi connectivity index (χ2n) is 4.80. The summed E-state index contributed by atoms with van der Waals surface area (Å²) in [5.41, 5.74) is 7.30. The number of hydrogen-bond acceptors (Lipinski definition) is 4. The van der Waals surface area contributed by atoms with Gasteiger partial charge in [0, 0.05) is 17.0 Å². The average Bonchev–Trinajstić information content (AvgIpc) is 2.79. The first-order valence-electron chi connectivity index (χ1n) is 6.49. The van der Waals surface area contributed by atoms with Crippen molar-refractivity contribution in [3.05, 3.63) is 11.9 Å². The van der Waals surface area contributed by atoms with Gasteiger partial charge in [0.15, 0.2) is 5.75 Å². The van der Waals surface area contributed by atoms with Gasteiger partial charge >= 0.3 is 0 Å². The Labute approximate surface area is 114 Å². The predicted octanol–water partition coefficient (Wildman–Crippen LogP) is 3.00. The van der Waals surface area contributed by atoms with Crippen LogP contribution in [-0.2, 0) is 0 Å². The first kappa shape index (κ1) is 15.4. The quantitative estimate of drug-likeness (QED) is 0.828. The van der Waals surface area contributed by atoms with Crippen LogP contribution in [0.2, 0.25) is 0 Å². The van der Waals surface area contributed by atoms with Crippen molar-refractivity contribution in [2.75, 3.05) is 12.9 Å². The normalized spacial score (nSPS) is 14.8. The minimum atomic E-state index is -0.0381. The van der Waals surface area contributed by atoms with E-state index in [9.17, 15) is 0 Å². The van der Waals surface area contributed by atoms with Crippen molar-refractivity contribution in [2.45, 2.75) is 51.4 Å². The lowest BCUT2D eigenvalue weighted by molar-refractivity contribution is 0.399. The number of rotatable bonds is 7. The van der Waals surface area contributed by atoms with Crippen LogP contribution in [0.1, 0.15) is 51.9 Å². The zero-order valence-corrected chi connectivity index (χ0v) is 12.8. The second-order valence-corrected chi connectivity index (χ2v) is 6.27. The Morgan fingerprint density at radius 2 is 2.11 bits per heavy atom. The van der Waals surface area contributed by atoms with Crippen molar-refractivity contribution in [1.29, 1.82) is 0 Å². The Morgan fingerprint density at radius 1 is 1.44 bits per heavy atom. The molecular formula is C13H25N3OS. The zero-order chi connectivity index (χ0) is 13.7. The van der Waals surface area contributed by atoms with Gasteiger partial charge < -0.3 is 10.5 Å². The maximum absolute atomic E-state index is 6.30. The molecule has 1 rings (SSSR count). The number of aromatic nitrogens is 2. The minimum absolute atomic E-state index is 0.0381. The molecule has 1 aromatic heterocycles. The maximum atomic E-state index is 6.30. The van der Waals surface area contributed by atoms with Crippen LogP contribution < -0.4 is 10.5 Å². The smallest absolute Gasteiger partial charge is 0.161 e. The summed E-state index contributed by atoms with van der Waals surface area (Å²) in [4.78, 5) is 0. The molecule has 2 unspecified atom stereocenters. The van der Waals surface area contributed by atoms with E-state index in [-0.39, 0.29) is 6.04 Å². The molecule has 0 bridgehead atoms. The van der Waals surface area contributed by atoms with E-state index in [4.69, 9.17) is 10.5 Å². The molecular weight excluding hydrogens is 246 g/mol. The fraction of sp³-hybridized carbons (Fsp3) is 0.769. The molecule has 5 heteroatoms. The highest BCUT2D eigenvalue weighted by Crippen LogP contribution is 2.29. The van der Waals surface area contributed by atoms with Crippen LogP contribution in [0.3, 0.4) is 0 Å². The van der Waals surface area contributed by atoms with Crippen LogP contribution in [0.5, 0.6) is 5.75 Å². The highest BCUT2D eigenvalue weighted by atomic mass is 32.2. The average molecular weight is 271 g/mol. The molecule has 0 fully saturated rings. The SMILES string of the molecule is CCC(C)SCC(N)c1c(OC)cnn1C(C)C. The topological polar surface area (TPSA) is 53.1 Å². The number of thioether (sulfide) groups is 1. The predicted molar refractivity (Wildman–Crippen MR) is 78.3 cm³/mol. The van der Waals surface area contributed by atoms with Gasteiger partial charge in [0.1, 0.15) is 0 Å². The molecule has 0 spiro atoms. The number of ether oxygens (including phenoxy) is 1. The number of methoxy groups -OCH3 is 1. The third kappa shape index (κ3) is 3.65. The fourth-order valence-electron chi connectivity index (χ4n) is 1.74. The van der Waals surface area contributed by atoms with Crippen LogP contribution >= 0.6 is 11.8 Å². The summed E-state index contributed by atoms with van der Waals surface area (Å²) in [5.74, 6) is 1.69. The van der Waals surface area contributed by atoms with Gasteiger partial charge in [-0.3, -0.25) is 4.68 Å². The van der Waals surface area contributed by atoms with Gasteiger partial charge in [-0.05, 0) is 20.3 Å². The summed E-state index contributed by atoms with van der Waals surface area (Å²) >= 11 is 1.90. The maximum Gasteiger partial charge on any atom is 0.161 e. The van der Waals surface area contributed by atoms with Gasteiger partial charge in [-0.2, -0.15) is 16.9 Å². The fourth-order valence-corrected chi connectivity index (χ4v) is 2.67. The van der Waals surface area contributed by atoms with E-state index in [2.05, 4.69) is 32.8 Å². The highest BCUT2D eigenvalue weighted by Gasteiger charge is 2.20. The lowest BCUT2D eigenvalue weighted by Gasteiger charge is -2.19. The third-order valence-electron chi connectivity index (χ3n) is 2.99. The lowest BCUT2D eigenvalue weighted by atomic mass is 10.2. The second kappa shape index (κ2) is 7.04. The molecule has 2 N–H and O–H groups in total. The number of nitrogens with two attached hydrogens (primary N) is 1. The Bertz CT molecular complexity index is 365. The van der Waals surface area contributed by atoms with E-state index in [1.165, 1.54) is 0 Å². The minimum Gasteiger partial charge on any atom is -0.493 e. The van der Waals surface area contributed by atoms with Gasteiger partial charge in [-0.25, -0.2) is 0 Å². The molecule has 1 heterocycles. The molecule has 2 atom stereocenters. The number of hydrogen-bond donors (Lipinski definition) is 1. The largest absolute Gasteiger partial charge is 0.493 e. The molecule has 4 nitrogen and oxygen atoms in total. The van der Waals surface area contributed by atoms with E-state index in [0.29, 0.717) is 11.3 Å². The van der Waals surface area contributed by atoms with Gasteiger partial charge in [-0.1, -0.05) is 13.8 Å². The van der Waals surface area contributed by atoms with Crippen molar-refractivity contribution in [2.24, 2.45) is 5.73 Å². The molecule has 18 heavy (non-hydrogen) atoms. The summed E-state index contributed by atoms with van der Waals surface area (Å²) < 4.78 is 7.32. The Kier molecular flexibility index (Phi) is 6.02. The molecule has 0 saturated heterocycles. The highest BCUT2D eigenvalue weighted by molar-refractivity contribution is 7.99. The lowest BCUT2D eigenvalue weighted by Crippen LogP contribution is -2.21. The van der Waals surface area contributed by atoms with E-state index in [1.54, 1.807) is 13.3 Å². The van der Waals surface area contributed by atoms with Crippen molar-refractivity contribution < 1.29 is 4.74 Å². The first-order chi connectivity index (χ1) is 8.51. The van der Waals surface area contributed by atoms with Gasteiger partial charge in [0.25, 0.3) is 0 Å². The first-order valence-corrected chi connectivity index (χ1v) is 7.54. The summed E-state index contributed by atoms with van der Waals surface area (Å²) in [7, 11) is 1.67. The summed E-state index contributed by atoms with van der Waals surface area (Å²) in [6.07, 6.45) is 2.92. The molecule has 0 aliphatic heterocycles. The van der Waals surface area contributed by atoms with Gasteiger partial charge in [-0.15, -0.1) is 0 Å². The van der Waals surface area contributed by atoms with Crippen molar-refractivity contribution >= 4 is 11.8 Å². The summed E-state index contributed by atoms with van der Waals surface area (Å²) in [6, 6.07) is 0.257. The number of nitrogens with zero attached hydrogens (tertiary/aromatic N) is 2. The van der Waals surface area contributed by atoms with E-state index in [1.807, 2.05) is 16.4 Å².